The number of aromatic nitrogens is 1. The lowest BCUT2D eigenvalue weighted by Gasteiger charge is -2.09. The second-order valence-electron chi connectivity index (χ2n) is 5.09. The number of aromatic amines is 1. The molecule has 0 radical (unpaired) electrons. The Balaban J connectivity index is 1.85. The largest absolute Gasteiger partial charge is 0.364 e. The average molecular weight is 248 g/mol. The van der Waals surface area contributed by atoms with Gasteiger partial charge in [-0.2, -0.15) is 0 Å². The molecule has 0 aromatic carbocycles. The van der Waals surface area contributed by atoms with Gasteiger partial charge in [0.05, 0.1) is 0 Å². The van der Waals surface area contributed by atoms with Crippen LogP contribution < -0.4 is 10.7 Å². The van der Waals surface area contributed by atoms with Gasteiger partial charge in [-0.3, -0.25) is 9.59 Å². The van der Waals surface area contributed by atoms with Gasteiger partial charge in [0, 0.05) is 24.5 Å². The Morgan fingerprint density at radius 1 is 1.44 bits per heavy atom. The number of carbonyl (C=O) groups is 1. The van der Waals surface area contributed by atoms with E-state index in [1.54, 1.807) is 6.92 Å². The first-order chi connectivity index (χ1) is 8.66. The second kappa shape index (κ2) is 5.85. The molecule has 2 N–H and O–H groups in total. The highest BCUT2D eigenvalue weighted by Crippen LogP contribution is 2.26. The minimum Gasteiger partial charge on any atom is -0.364 e. The van der Waals surface area contributed by atoms with E-state index in [1.165, 1.54) is 37.9 Å². The zero-order valence-corrected chi connectivity index (χ0v) is 10.8. The van der Waals surface area contributed by atoms with Crippen LogP contribution >= 0.6 is 0 Å². The Morgan fingerprint density at radius 2 is 2.17 bits per heavy atom. The molecule has 1 aromatic rings. The van der Waals surface area contributed by atoms with E-state index < -0.39 is 0 Å². The second-order valence-corrected chi connectivity index (χ2v) is 5.09. The van der Waals surface area contributed by atoms with E-state index in [4.69, 9.17) is 0 Å². The molecule has 4 nitrogen and oxygen atoms in total. The number of hydrogen-bond donors (Lipinski definition) is 2. The number of pyridine rings is 1. The molecule has 1 heterocycles. The normalized spacial score (nSPS) is 15.8. The van der Waals surface area contributed by atoms with Crippen molar-refractivity contribution in [1.29, 1.82) is 0 Å². The van der Waals surface area contributed by atoms with Crippen LogP contribution in [0.1, 0.15) is 48.2 Å². The quantitative estimate of drug-likeness (QED) is 0.856. The van der Waals surface area contributed by atoms with Crippen LogP contribution in [-0.4, -0.2) is 17.4 Å². The predicted molar refractivity (Wildman–Crippen MR) is 70.7 cm³/mol. The topological polar surface area (TPSA) is 62.0 Å². The van der Waals surface area contributed by atoms with E-state index in [2.05, 4.69) is 10.3 Å². The fourth-order valence-corrected chi connectivity index (χ4v) is 2.53. The van der Waals surface area contributed by atoms with Gasteiger partial charge < -0.3 is 10.3 Å². The molecule has 1 aliphatic rings. The van der Waals surface area contributed by atoms with E-state index in [0.29, 0.717) is 6.54 Å². The fraction of sp³-hybridized carbons (Fsp3) is 0.571. The number of aryl methyl sites for hydroxylation is 1. The smallest absolute Gasteiger partial charge is 0.256 e. The van der Waals surface area contributed by atoms with Gasteiger partial charge in [0.15, 0.2) is 5.43 Å². The van der Waals surface area contributed by atoms with Crippen LogP contribution in [0.2, 0.25) is 0 Å². The van der Waals surface area contributed by atoms with Crippen LogP contribution in [0.5, 0.6) is 0 Å². The van der Waals surface area contributed by atoms with E-state index in [1.807, 2.05) is 0 Å². The average Bonchev–Trinajstić information content (AvgIpc) is 2.81. The van der Waals surface area contributed by atoms with Crippen LogP contribution in [0, 0.1) is 12.8 Å². The summed E-state index contributed by atoms with van der Waals surface area (Å²) in [5, 5.41) is 2.83. The maximum atomic E-state index is 11.8. The molecule has 0 atom stereocenters. The number of amides is 1. The number of nitrogens with one attached hydrogen (secondary N) is 2. The van der Waals surface area contributed by atoms with Crippen molar-refractivity contribution in [2.24, 2.45) is 5.92 Å². The summed E-state index contributed by atoms with van der Waals surface area (Å²) in [4.78, 5) is 26.3. The van der Waals surface area contributed by atoms with Crippen molar-refractivity contribution in [3.05, 3.63) is 33.7 Å². The van der Waals surface area contributed by atoms with Gasteiger partial charge in [-0.05, 0) is 19.3 Å². The molecule has 18 heavy (non-hydrogen) atoms. The van der Waals surface area contributed by atoms with Gasteiger partial charge in [-0.15, -0.1) is 0 Å². The molecule has 1 saturated carbocycles. The van der Waals surface area contributed by atoms with Crippen molar-refractivity contribution in [3.8, 4) is 0 Å². The van der Waals surface area contributed by atoms with Gasteiger partial charge >= 0.3 is 0 Å². The monoisotopic (exact) mass is 248 g/mol. The standard InChI is InChI=1S/C14H20N2O2/c1-10-8-13(17)12(9-16-10)14(18)15-7-6-11-4-2-3-5-11/h8-9,11H,2-7H2,1H3,(H,15,18)(H,16,17). The summed E-state index contributed by atoms with van der Waals surface area (Å²) < 4.78 is 0. The lowest BCUT2D eigenvalue weighted by atomic mass is 10.0. The van der Waals surface area contributed by atoms with E-state index >= 15 is 0 Å². The molecule has 0 saturated heterocycles. The van der Waals surface area contributed by atoms with Crippen molar-refractivity contribution in [3.63, 3.8) is 0 Å². The molecule has 1 aliphatic carbocycles. The molecule has 1 amide bonds. The van der Waals surface area contributed by atoms with E-state index in [9.17, 15) is 9.59 Å². The molecule has 0 unspecified atom stereocenters. The molecule has 1 aromatic heterocycles. The Bertz CT molecular complexity index is 473. The van der Waals surface area contributed by atoms with Gasteiger partial charge in [-0.25, -0.2) is 0 Å². The Hall–Kier alpha value is -1.58. The minimum atomic E-state index is -0.269. The molecular formula is C14H20N2O2. The number of rotatable bonds is 4. The fourth-order valence-electron chi connectivity index (χ4n) is 2.53. The third-order valence-electron chi connectivity index (χ3n) is 3.61. The molecule has 1 fully saturated rings. The van der Waals surface area contributed by atoms with Crippen LogP contribution in [0.3, 0.4) is 0 Å². The highest BCUT2D eigenvalue weighted by atomic mass is 16.2. The van der Waals surface area contributed by atoms with Crippen molar-refractivity contribution >= 4 is 5.91 Å². The van der Waals surface area contributed by atoms with Crippen molar-refractivity contribution < 1.29 is 4.79 Å². The maximum absolute atomic E-state index is 11.8. The molecule has 0 aliphatic heterocycles. The van der Waals surface area contributed by atoms with Gasteiger partial charge in [-0.1, -0.05) is 25.7 Å². The Kier molecular flexibility index (Phi) is 4.18. The first-order valence-corrected chi connectivity index (χ1v) is 6.64. The van der Waals surface area contributed by atoms with Gasteiger partial charge in [0.2, 0.25) is 0 Å². The van der Waals surface area contributed by atoms with Crippen molar-refractivity contribution in [2.75, 3.05) is 6.54 Å². The summed E-state index contributed by atoms with van der Waals surface area (Å²) in [6.45, 7) is 2.46. The lowest BCUT2D eigenvalue weighted by Crippen LogP contribution is -2.30. The highest BCUT2D eigenvalue weighted by molar-refractivity contribution is 5.93. The minimum absolute atomic E-state index is 0.201. The zero-order chi connectivity index (χ0) is 13.0. The molecule has 2 rings (SSSR count). The Morgan fingerprint density at radius 3 is 2.83 bits per heavy atom. The summed E-state index contributed by atoms with van der Waals surface area (Å²) in [5.41, 5.74) is 0.749. The molecular weight excluding hydrogens is 228 g/mol. The van der Waals surface area contributed by atoms with Crippen molar-refractivity contribution in [1.82, 2.24) is 10.3 Å². The van der Waals surface area contributed by atoms with Crippen LogP contribution in [0.15, 0.2) is 17.1 Å². The number of hydrogen-bond acceptors (Lipinski definition) is 2. The number of H-pyrrole nitrogens is 1. The third-order valence-corrected chi connectivity index (χ3v) is 3.61. The summed E-state index contributed by atoms with van der Waals surface area (Å²) in [6, 6.07) is 1.45. The summed E-state index contributed by atoms with van der Waals surface area (Å²) in [6.07, 6.45) is 7.70. The lowest BCUT2D eigenvalue weighted by molar-refractivity contribution is 0.0950. The van der Waals surface area contributed by atoms with E-state index in [-0.39, 0.29) is 16.9 Å². The van der Waals surface area contributed by atoms with Crippen LogP contribution in [0.4, 0.5) is 0 Å². The van der Waals surface area contributed by atoms with E-state index in [0.717, 1.165) is 18.0 Å². The molecule has 0 spiro atoms. The predicted octanol–water partition coefficient (Wildman–Crippen LogP) is 1.99. The van der Waals surface area contributed by atoms with Crippen LogP contribution in [0.25, 0.3) is 0 Å². The maximum Gasteiger partial charge on any atom is 0.256 e. The molecule has 0 bridgehead atoms. The molecule has 98 valence electrons. The first-order valence-electron chi connectivity index (χ1n) is 6.64. The number of carbonyl (C=O) groups excluding carboxylic acids is 1. The summed E-state index contributed by atoms with van der Waals surface area (Å²) >= 11 is 0. The van der Waals surface area contributed by atoms with Crippen molar-refractivity contribution in [2.45, 2.75) is 39.0 Å². The SMILES string of the molecule is Cc1cc(=O)c(C(=O)NCCC2CCCC2)c[nH]1. The summed E-state index contributed by atoms with van der Waals surface area (Å²) in [5.74, 6) is 0.482. The highest BCUT2D eigenvalue weighted by Gasteiger charge is 2.15. The van der Waals surface area contributed by atoms with Crippen LogP contribution in [-0.2, 0) is 0 Å². The van der Waals surface area contributed by atoms with Gasteiger partial charge in [0.1, 0.15) is 5.56 Å². The van der Waals surface area contributed by atoms with Gasteiger partial charge in [0.25, 0.3) is 5.91 Å². The Labute approximate surface area is 107 Å². The third kappa shape index (κ3) is 3.22. The molecule has 4 heteroatoms. The zero-order valence-electron chi connectivity index (χ0n) is 10.8. The first kappa shape index (κ1) is 12.9. The summed E-state index contributed by atoms with van der Waals surface area (Å²) in [7, 11) is 0.